The fourth-order valence-electron chi connectivity index (χ4n) is 2.55. The molecule has 0 saturated carbocycles. The lowest BCUT2D eigenvalue weighted by Gasteiger charge is -2.09. The summed E-state index contributed by atoms with van der Waals surface area (Å²) in [4.78, 5) is 4.60. The molecular weight excluding hydrogens is 344 g/mol. The van der Waals surface area contributed by atoms with Crippen molar-refractivity contribution in [3.63, 3.8) is 0 Å². The molecule has 1 aliphatic rings. The first-order valence-corrected chi connectivity index (χ1v) is 9.29. The molecule has 9 heteroatoms. The van der Waals surface area contributed by atoms with Crippen LogP contribution >= 0.6 is 22.9 Å². The Bertz CT molecular complexity index is 977. The van der Waals surface area contributed by atoms with Crippen LogP contribution in [0.15, 0.2) is 34.8 Å². The molecule has 0 fully saturated rings. The van der Waals surface area contributed by atoms with Crippen molar-refractivity contribution in [2.45, 2.75) is 11.4 Å². The third-order valence-electron chi connectivity index (χ3n) is 3.50. The van der Waals surface area contributed by atoms with Gasteiger partial charge >= 0.3 is 0 Å². The fraction of sp³-hybridized carbons (Fsp3) is 0.154. The van der Waals surface area contributed by atoms with Gasteiger partial charge < -0.3 is 5.32 Å². The summed E-state index contributed by atoms with van der Waals surface area (Å²) < 4.78 is 29.3. The van der Waals surface area contributed by atoms with Crippen molar-refractivity contribution < 1.29 is 8.42 Å². The fourth-order valence-corrected chi connectivity index (χ4v) is 5.06. The number of sulfonamides is 1. The molecule has 114 valence electrons. The van der Waals surface area contributed by atoms with E-state index in [4.69, 9.17) is 11.6 Å². The van der Waals surface area contributed by atoms with Gasteiger partial charge in [-0.05, 0) is 30.2 Å². The van der Waals surface area contributed by atoms with Crippen LogP contribution in [0.5, 0.6) is 0 Å². The molecule has 0 saturated heterocycles. The molecule has 1 aromatic carbocycles. The lowest BCUT2D eigenvalue weighted by atomic mass is 10.1. The number of benzene rings is 1. The minimum absolute atomic E-state index is 0.0258. The Balaban J connectivity index is 1.75. The highest BCUT2D eigenvalue weighted by Crippen LogP contribution is 2.29. The number of hydrogen-bond donors (Lipinski definition) is 2. The van der Waals surface area contributed by atoms with Crippen molar-refractivity contribution in [3.05, 3.63) is 40.5 Å². The van der Waals surface area contributed by atoms with Crippen molar-refractivity contribution in [1.82, 2.24) is 9.38 Å². The van der Waals surface area contributed by atoms with Crippen LogP contribution in [0.25, 0.3) is 4.96 Å². The molecule has 3 heterocycles. The van der Waals surface area contributed by atoms with Gasteiger partial charge in [-0.3, -0.25) is 9.12 Å². The molecule has 0 aliphatic carbocycles. The number of aromatic nitrogens is 2. The first kappa shape index (κ1) is 13.9. The number of hydrogen-bond acceptors (Lipinski definition) is 5. The zero-order valence-electron chi connectivity index (χ0n) is 11.2. The SMILES string of the molecule is O=S(=O)(Nc1ccc2c(c1)CCN2)c1c(Cl)nc2sccn12. The Hall–Kier alpha value is -1.77. The maximum atomic E-state index is 12.6. The first-order valence-electron chi connectivity index (χ1n) is 6.55. The average molecular weight is 355 g/mol. The summed E-state index contributed by atoms with van der Waals surface area (Å²) in [6, 6.07) is 5.44. The van der Waals surface area contributed by atoms with Crippen molar-refractivity contribution in [2.24, 2.45) is 0 Å². The maximum absolute atomic E-state index is 12.6. The Morgan fingerprint density at radius 2 is 2.27 bits per heavy atom. The highest BCUT2D eigenvalue weighted by Gasteiger charge is 2.25. The number of thiazole rings is 1. The number of imidazole rings is 1. The maximum Gasteiger partial charge on any atom is 0.281 e. The predicted molar refractivity (Wildman–Crippen MR) is 87.5 cm³/mol. The van der Waals surface area contributed by atoms with Crippen LogP contribution in [-0.4, -0.2) is 24.3 Å². The van der Waals surface area contributed by atoms with Crippen LogP contribution in [0.3, 0.4) is 0 Å². The van der Waals surface area contributed by atoms with E-state index in [1.54, 1.807) is 17.6 Å². The van der Waals surface area contributed by atoms with Crippen molar-refractivity contribution >= 4 is 49.3 Å². The topological polar surface area (TPSA) is 75.5 Å². The Kier molecular flexibility index (Phi) is 3.07. The van der Waals surface area contributed by atoms with E-state index in [0.717, 1.165) is 24.2 Å². The molecule has 0 bridgehead atoms. The molecule has 0 amide bonds. The van der Waals surface area contributed by atoms with Crippen molar-refractivity contribution in [2.75, 3.05) is 16.6 Å². The quantitative estimate of drug-likeness (QED) is 0.758. The van der Waals surface area contributed by atoms with Gasteiger partial charge in [0.05, 0.1) is 0 Å². The zero-order valence-corrected chi connectivity index (χ0v) is 13.6. The van der Waals surface area contributed by atoms with E-state index in [1.165, 1.54) is 15.7 Å². The van der Waals surface area contributed by atoms with E-state index in [-0.39, 0.29) is 10.2 Å². The third-order valence-corrected chi connectivity index (χ3v) is 6.04. The molecule has 6 nitrogen and oxygen atoms in total. The molecule has 2 aromatic heterocycles. The number of fused-ring (bicyclic) bond motifs is 2. The Labute approximate surface area is 135 Å². The highest BCUT2D eigenvalue weighted by atomic mass is 35.5. The molecule has 3 aromatic rings. The van der Waals surface area contributed by atoms with Crippen LogP contribution in [0.2, 0.25) is 5.15 Å². The van der Waals surface area contributed by atoms with Crippen LogP contribution in [0.4, 0.5) is 11.4 Å². The van der Waals surface area contributed by atoms with Gasteiger partial charge in [0, 0.05) is 29.5 Å². The monoisotopic (exact) mass is 354 g/mol. The van der Waals surface area contributed by atoms with E-state index in [9.17, 15) is 8.42 Å². The van der Waals surface area contributed by atoms with E-state index in [1.807, 2.05) is 12.1 Å². The molecule has 2 N–H and O–H groups in total. The molecule has 0 unspecified atom stereocenters. The Morgan fingerprint density at radius 1 is 1.41 bits per heavy atom. The van der Waals surface area contributed by atoms with E-state index in [0.29, 0.717) is 10.6 Å². The summed E-state index contributed by atoms with van der Waals surface area (Å²) in [5.41, 5.74) is 2.66. The van der Waals surface area contributed by atoms with Gasteiger partial charge in [0.2, 0.25) is 0 Å². The molecule has 4 rings (SSSR count). The minimum atomic E-state index is -3.81. The molecule has 0 spiro atoms. The van der Waals surface area contributed by atoms with Gasteiger partial charge in [-0.15, -0.1) is 11.3 Å². The van der Waals surface area contributed by atoms with E-state index >= 15 is 0 Å². The molecule has 1 aliphatic heterocycles. The van der Waals surface area contributed by atoms with Crippen LogP contribution < -0.4 is 10.0 Å². The second-order valence-corrected chi connectivity index (χ2v) is 7.75. The van der Waals surface area contributed by atoms with Crippen molar-refractivity contribution in [1.29, 1.82) is 0 Å². The molecule has 0 radical (unpaired) electrons. The smallest absolute Gasteiger partial charge is 0.281 e. The lowest BCUT2D eigenvalue weighted by molar-refractivity contribution is 0.596. The number of nitrogens with zero attached hydrogens (tertiary/aromatic N) is 2. The first-order chi connectivity index (χ1) is 10.5. The summed E-state index contributed by atoms with van der Waals surface area (Å²) in [6.07, 6.45) is 2.52. The van der Waals surface area contributed by atoms with Gasteiger partial charge in [0.1, 0.15) is 0 Å². The van der Waals surface area contributed by atoms with Gasteiger partial charge in [0.25, 0.3) is 10.0 Å². The molecule has 0 atom stereocenters. The van der Waals surface area contributed by atoms with Gasteiger partial charge in [-0.2, -0.15) is 8.42 Å². The number of rotatable bonds is 3. The van der Waals surface area contributed by atoms with E-state index in [2.05, 4.69) is 15.0 Å². The molecule has 22 heavy (non-hydrogen) atoms. The van der Waals surface area contributed by atoms with Gasteiger partial charge in [-0.25, -0.2) is 4.98 Å². The largest absolute Gasteiger partial charge is 0.384 e. The zero-order chi connectivity index (χ0) is 15.3. The summed E-state index contributed by atoms with van der Waals surface area (Å²) in [6.45, 7) is 0.871. The summed E-state index contributed by atoms with van der Waals surface area (Å²) in [7, 11) is -3.81. The highest BCUT2D eigenvalue weighted by molar-refractivity contribution is 7.92. The van der Waals surface area contributed by atoms with Crippen LogP contribution in [0.1, 0.15) is 5.56 Å². The normalized spacial score (nSPS) is 14.0. The summed E-state index contributed by atoms with van der Waals surface area (Å²) in [5, 5.41) is 4.94. The predicted octanol–water partition coefficient (Wildman–Crippen LogP) is 2.82. The number of halogens is 1. The van der Waals surface area contributed by atoms with E-state index < -0.39 is 10.0 Å². The lowest BCUT2D eigenvalue weighted by Crippen LogP contribution is -2.15. The second kappa shape index (κ2) is 4.87. The van der Waals surface area contributed by atoms with Gasteiger partial charge in [-0.1, -0.05) is 11.6 Å². The number of nitrogens with one attached hydrogen (secondary N) is 2. The summed E-state index contributed by atoms with van der Waals surface area (Å²) >= 11 is 7.33. The minimum Gasteiger partial charge on any atom is -0.384 e. The van der Waals surface area contributed by atoms with Gasteiger partial charge in [0.15, 0.2) is 15.1 Å². The van der Waals surface area contributed by atoms with Crippen LogP contribution in [-0.2, 0) is 16.4 Å². The Morgan fingerprint density at radius 3 is 3.14 bits per heavy atom. The second-order valence-electron chi connectivity index (χ2n) is 4.92. The molecular formula is C13H11ClN4O2S2. The third kappa shape index (κ3) is 2.15. The number of anilines is 2. The average Bonchev–Trinajstić information content (AvgIpc) is 3.11. The van der Waals surface area contributed by atoms with Crippen molar-refractivity contribution in [3.8, 4) is 0 Å². The standard InChI is InChI=1S/C13H11ClN4O2S2/c14-11-12(18-5-6-21-13(18)16-11)22(19,20)17-9-1-2-10-8(7-9)3-4-15-10/h1-2,5-7,15,17H,3-4H2. The summed E-state index contributed by atoms with van der Waals surface area (Å²) in [5.74, 6) is 0. The van der Waals surface area contributed by atoms with Crippen LogP contribution in [0, 0.1) is 0 Å².